The molecule has 98 valence electrons. The van der Waals surface area contributed by atoms with Crippen LogP contribution in [0.3, 0.4) is 0 Å². The molecule has 0 amide bonds. The highest BCUT2D eigenvalue weighted by Crippen LogP contribution is 2.29. The minimum atomic E-state index is 0.286. The Morgan fingerprint density at radius 1 is 1.21 bits per heavy atom. The van der Waals surface area contributed by atoms with Gasteiger partial charge in [-0.25, -0.2) is 0 Å². The SMILES string of the molecule is Cc1ccc2cc(C(=O)CC3CCCC3)ccc2n1. The fraction of sp³-hybridized carbons (Fsp3) is 0.412. The second-order valence-electron chi connectivity index (χ2n) is 5.64. The number of aromatic nitrogens is 1. The van der Waals surface area contributed by atoms with Crippen molar-refractivity contribution in [1.82, 2.24) is 4.98 Å². The Kier molecular flexibility index (Phi) is 3.33. The summed E-state index contributed by atoms with van der Waals surface area (Å²) in [5, 5.41) is 1.06. The molecular formula is C17H19NO. The van der Waals surface area contributed by atoms with Crippen LogP contribution in [0.25, 0.3) is 10.9 Å². The molecule has 1 heterocycles. The Morgan fingerprint density at radius 3 is 2.79 bits per heavy atom. The van der Waals surface area contributed by atoms with Crippen LogP contribution < -0.4 is 0 Å². The molecule has 0 radical (unpaired) electrons. The van der Waals surface area contributed by atoms with Crippen LogP contribution in [0, 0.1) is 12.8 Å². The molecule has 0 saturated heterocycles. The van der Waals surface area contributed by atoms with Crippen LogP contribution >= 0.6 is 0 Å². The van der Waals surface area contributed by atoms with Gasteiger partial charge in [-0.1, -0.05) is 31.7 Å². The molecule has 0 bridgehead atoms. The number of hydrogen-bond acceptors (Lipinski definition) is 2. The minimum absolute atomic E-state index is 0.286. The third kappa shape index (κ3) is 2.67. The minimum Gasteiger partial charge on any atom is -0.294 e. The lowest BCUT2D eigenvalue weighted by molar-refractivity contribution is 0.0962. The highest BCUT2D eigenvalue weighted by molar-refractivity contribution is 5.99. The Balaban J connectivity index is 1.83. The van der Waals surface area contributed by atoms with Crippen molar-refractivity contribution in [3.8, 4) is 0 Å². The largest absolute Gasteiger partial charge is 0.294 e. The van der Waals surface area contributed by atoms with Crippen LogP contribution in [0.2, 0.25) is 0 Å². The number of ketones is 1. The summed E-state index contributed by atoms with van der Waals surface area (Å²) in [5.41, 5.74) is 2.82. The molecule has 0 unspecified atom stereocenters. The van der Waals surface area contributed by atoms with Gasteiger partial charge in [0.15, 0.2) is 5.78 Å². The molecule has 3 rings (SSSR count). The van der Waals surface area contributed by atoms with E-state index in [0.29, 0.717) is 12.3 Å². The summed E-state index contributed by atoms with van der Waals surface area (Å²) in [6, 6.07) is 9.91. The summed E-state index contributed by atoms with van der Waals surface area (Å²) < 4.78 is 0. The van der Waals surface area contributed by atoms with Crippen molar-refractivity contribution in [3.63, 3.8) is 0 Å². The predicted octanol–water partition coefficient (Wildman–Crippen LogP) is 4.31. The van der Waals surface area contributed by atoms with Gasteiger partial charge in [0.05, 0.1) is 5.52 Å². The van der Waals surface area contributed by atoms with E-state index in [4.69, 9.17) is 0 Å². The molecule has 2 aromatic rings. The van der Waals surface area contributed by atoms with E-state index in [-0.39, 0.29) is 5.78 Å². The molecule has 1 aromatic carbocycles. The Bertz CT molecular complexity index is 612. The summed E-state index contributed by atoms with van der Waals surface area (Å²) in [5.74, 6) is 0.897. The summed E-state index contributed by atoms with van der Waals surface area (Å²) in [6.07, 6.45) is 5.74. The zero-order valence-corrected chi connectivity index (χ0v) is 11.4. The molecule has 1 aromatic heterocycles. The number of pyridine rings is 1. The molecule has 19 heavy (non-hydrogen) atoms. The summed E-state index contributed by atoms with van der Waals surface area (Å²) in [7, 11) is 0. The molecular weight excluding hydrogens is 234 g/mol. The number of carbonyl (C=O) groups is 1. The third-order valence-electron chi connectivity index (χ3n) is 4.10. The molecule has 1 aliphatic rings. The first-order chi connectivity index (χ1) is 9.22. The van der Waals surface area contributed by atoms with Gasteiger partial charge in [-0.05, 0) is 37.1 Å². The van der Waals surface area contributed by atoms with Crippen molar-refractivity contribution < 1.29 is 4.79 Å². The van der Waals surface area contributed by atoms with Crippen molar-refractivity contribution in [3.05, 3.63) is 41.6 Å². The molecule has 0 N–H and O–H groups in total. The van der Waals surface area contributed by atoms with Crippen LogP contribution in [0.15, 0.2) is 30.3 Å². The Hall–Kier alpha value is -1.70. The van der Waals surface area contributed by atoms with E-state index in [0.717, 1.165) is 22.2 Å². The van der Waals surface area contributed by atoms with E-state index in [2.05, 4.69) is 4.98 Å². The zero-order valence-electron chi connectivity index (χ0n) is 11.4. The quantitative estimate of drug-likeness (QED) is 0.763. The summed E-state index contributed by atoms with van der Waals surface area (Å²) >= 11 is 0. The van der Waals surface area contributed by atoms with E-state index in [9.17, 15) is 4.79 Å². The molecule has 1 aliphatic carbocycles. The van der Waals surface area contributed by atoms with E-state index < -0.39 is 0 Å². The fourth-order valence-corrected chi connectivity index (χ4v) is 3.00. The van der Waals surface area contributed by atoms with Crippen LogP contribution in [0.1, 0.15) is 48.2 Å². The lowest BCUT2D eigenvalue weighted by Gasteiger charge is -2.08. The number of carbonyl (C=O) groups excluding carboxylic acids is 1. The van der Waals surface area contributed by atoms with Gasteiger partial charge in [0.2, 0.25) is 0 Å². The number of rotatable bonds is 3. The van der Waals surface area contributed by atoms with Crippen molar-refractivity contribution in [2.75, 3.05) is 0 Å². The van der Waals surface area contributed by atoms with Gasteiger partial charge in [0, 0.05) is 23.1 Å². The van der Waals surface area contributed by atoms with Crippen LogP contribution in [-0.2, 0) is 0 Å². The van der Waals surface area contributed by atoms with Gasteiger partial charge in [-0.3, -0.25) is 9.78 Å². The molecule has 2 nitrogen and oxygen atoms in total. The highest BCUT2D eigenvalue weighted by atomic mass is 16.1. The van der Waals surface area contributed by atoms with Crippen molar-refractivity contribution >= 4 is 16.7 Å². The molecule has 1 saturated carbocycles. The average Bonchev–Trinajstić information content (AvgIpc) is 2.91. The number of fused-ring (bicyclic) bond motifs is 1. The summed E-state index contributed by atoms with van der Waals surface area (Å²) in [4.78, 5) is 16.8. The maximum absolute atomic E-state index is 12.3. The van der Waals surface area contributed by atoms with Crippen molar-refractivity contribution in [1.29, 1.82) is 0 Å². The number of Topliss-reactive ketones (excluding diaryl/α,β-unsaturated/α-hetero) is 1. The molecule has 0 spiro atoms. The van der Waals surface area contributed by atoms with Gasteiger partial charge in [-0.15, -0.1) is 0 Å². The normalized spacial score (nSPS) is 16.1. The van der Waals surface area contributed by atoms with E-state index >= 15 is 0 Å². The third-order valence-corrected chi connectivity index (χ3v) is 4.10. The van der Waals surface area contributed by atoms with Crippen LogP contribution in [-0.4, -0.2) is 10.8 Å². The molecule has 0 atom stereocenters. The smallest absolute Gasteiger partial charge is 0.163 e. The van der Waals surface area contributed by atoms with Gasteiger partial charge in [-0.2, -0.15) is 0 Å². The maximum Gasteiger partial charge on any atom is 0.163 e. The van der Waals surface area contributed by atoms with Gasteiger partial charge in [0.1, 0.15) is 0 Å². The Morgan fingerprint density at radius 2 is 2.00 bits per heavy atom. The van der Waals surface area contributed by atoms with Crippen molar-refractivity contribution in [2.45, 2.75) is 39.0 Å². The first-order valence-corrected chi connectivity index (χ1v) is 7.13. The molecule has 1 fully saturated rings. The second kappa shape index (κ2) is 5.12. The average molecular weight is 253 g/mol. The number of nitrogens with zero attached hydrogens (tertiary/aromatic N) is 1. The first-order valence-electron chi connectivity index (χ1n) is 7.13. The van der Waals surface area contributed by atoms with E-state index in [1.165, 1.54) is 25.7 Å². The van der Waals surface area contributed by atoms with E-state index in [1.54, 1.807) is 0 Å². The zero-order chi connectivity index (χ0) is 13.2. The van der Waals surface area contributed by atoms with Crippen LogP contribution in [0.4, 0.5) is 0 Å². The fourth-order valence-electron chi connectivity index (χ4n) is 3.00. The van der Waals surface area contributed by atoms with Gasteiger partial charge in [0.25, 0.3) is 0 Å². The van der Waals surface area contributed by atoms with Crippen LogP contribution in [0.5, 0.6) is 0 Å². The number of aryl methyl sites for hydroxylation is 1. The lowest BCUT2D eigenvalue weighted by Crippen LogP contribution is -2.05. The topological polar surface area (TPSA) is 30.0 Å². The lowest BCUT2D eigenvalue weighted by atomic mass is 9.96. The molecule has 0 aliphatic heterocycles. The number of benzene rings is 1. The monoisotopic (exact) mass is 253 g/mol. The highest BCUT2D eigenvalue weighted by Gasteiger charge is 2.19. The standard InChI is InChI=1S/C17H19NO/c1-12-6-7-14-11-15(8-9-16(14)18-12)17(19)10-13-4-2-3-5-13/h6-9,11,13H,2-5,10H2,1H3. The second-order valence-corrected chi connectivity index (χ2v) is 5.64. The Labute approximate surface area is 113 Å². The predicted molar refractivity (Wildman–Crippen MR) is 77.4 cm³/mol. The van der Waals surface area contributed by atoms with Gasteiger partial charge >= 0.3 is 0 Å². The summed E-state index contributed by atoms with van der Waals surface area (Å²) in [6.45, 7) is 1.98. The number of hydrogen-bond donors (Lipinski definition) is 0. The maximum atomic E-state index is 12.3. The van der Waals surface area contributed by atoms with E-state index in [1.807, 2.05) is 37.3 Å². The molecule has 2 heteroatoms. The first kappa shape index (κ1) is 12.3. The van der Waals surface area contributed by atoms with Gasteiger partial charge < -0.3 is 0 Å². The van der Waals surface area contributed by atoms with Crippen molar-refractivity contribution in [2.24, 2.45) is 5.92 Å².